The fourth-order valence-corrected chi connectivity index (χ4v) is 3.22. The highest BCUT2D eigenvalue weighted by Gasteiger charge is 2.15. The van der Waals surface area contributed by atoms with Gasteiger partial charge in [-0.25, -0.2) is 4.45 Å². The molecule has 1 aliphatic heterocycles. The standard InChI is InChI=1S/C11H12IN4P/c12-17-16-7-8(6-15-16)11-9-2-1-4-13-10(9)3-5-14-11/h3,5-7,13,17H,1-2,4H2. The van der Waals surface area contributed by atoms with Crippen LogP contribution in [0.5, 0.6) is 0 Å². The molecule has 0 amide bonds. The summed E-state index contributed by atoms with van der Waals surface area (Å²) in [6, 6.07) is 2.06. The molecule has 0 saturated heterocycles. The zero-order valence-corrected chi connectivity index (χ0v) is 12.3. The van der Waals surface area contributed by atoms with E-state index in [1.165, 1.54) is 17.7 Å². The van der Waals surface area contributed by atoms with Crippen LogP contribution in [-0.4, -0.2) is 21.1 Å². The van der Waals surface area contributed by atoms with E-state index < -0.39 is 0 Å². The largest absolute Gasteiger partial charge is 0.385 e. The van der Waals surface area contributed by atoms with E-state index in [2.05, 4.69) is 49.7 Å². The molecule has 17 heavy (non-hydrogen) atoms. The monoisotopic (exact) mass is 358 g/mol. The van der Waals surface area contributed by atoms with Crippen molar-refractivity contribution in [3.8, 4) is 11.3 Å². The van der Waals surface area contributed by atoms with Gasteiger partial charge in [-0.15, -0.1) is 0 Å². The quantitative estimate of drug-likeness (QED) is 0.663. The minimum absolute atomic E-state index is 0.637. The Balaban J connectivity index is 2.07. The molecular weight excluding hydrogens is 346 g/mol. The van der Waals surface area contributed by atoms with E-state index in [1.807, 2.05) is 16.8 Å². The van der Waals surface area contributed by atoms with Crippen LogP contribution in [0.4, 0.5) is 5.69 Å². The summed E-state index contributed by atoms with van der Waals surface area (Å²) in [5.41, 5.74) is 4.76. The number of fused-ring (bicyclic) bond motifs is 1. The van der Waals surface area contributed by atoms with Gasteiger partial charge in [-0.2, -0.15) is 5.10 Å². The SMILES string of the molecule is IPn1cc(-c2nccc3c2CCCN3)cn1. The highest BCUT2D eigenvalue weighted by molar-refractivity contribution is 14.2. The lowest BCUT2D eigenvalue weighted by Crippen LogP contribution is -2.13. The van der Waals surface area contributed by atoms with Gasteiger partial charge >= 0.3 is 0 Å². The van der Waals surface area contributed by atoms with Crippen LogP contribution in [0.1, 0.15) is 12.0 Å². The van der Waals surface area contributed by atoms with Gasteiger partial charge in [0.1, 0.15) is 0 Å². The summed E-state index contributed by atoms with van der Waals surface area (Å²) in [5, 5.41) is 7.75. The molecule has 0 fully saturated rings. The first kappa shape index (κ1) is 11.4. The maximum absolute atomic E-state index is 4.52. The van der Waals surface area contributed by atoms with Crippen molar-refractivity contribution in [1.82, 2.24) is 14.5 Å². The number of nitrogens with one attached hydrogen (secondary N) is 1. The lowest BCUT2D eigenvalue weighted by atomic mass is 9.99. The molecule has 3 heterocycles. The van der Waals surface area contributed by atoms with Gasteiger partial charge in [0, 0.05) is 35.8 Å². The Morgan fingerprint density at radius 2 is 2.41 bits per heavy atom. The Hall–Kier alpha value is -0.680. The second-order valence-corrected chi connectivity index (χ2v) is 6.05. The number of rotatable bonds is 2. The van der Waals surface area contributed by atoms with Crippen molar-refractivity contribution in [3.05, 3.63) is 30.2 Å². The van der Waals surface area contributed by atoms with Gasteiger partial charge < -0.3 is 5.32 Å². The lowest BCUT2D eigenvalue weighted by Gasteiger charge is -2.19. The van der Waals surface area contributed by atoms with E-state index in [0.717, 1.165) is 24.2 Å². The van der Waals surface area contributed by atoms with Crippen molar-refractivity contribution in [3.63, 3.8) is 0 Å². The normalized spacial score (nSPS) is 14.9. The van der Waals surface area contributed by atoms with Crippen LogP contribution < -0.4 is 5.32 Å². The Labute approximate surface area is 115 Å². The molecule has 0 spiro atoms. The first-order chi connectivity index (χ1) is 8.38. The maximum Gasteiger partial charge on any atom is 0.0786 e. The average molecular weight is 358 g/mol. The van der Waals surface area contributed by atoms with E-state index in [9.17, 15) is 0 Å². The smallest absolute Gasteiger partial charge is 0.0786 e. The fraction of sp³-hybridized carbons (Fsp3) is 0.273. The summed E-state index contributed by atoms with van der Waals surface area (Å²) in [4.78, 5) is 4.52. The number of hydrogen-bond acceptors (Lipinski definition) is 3. The summed E-state index contributed by atoms with van der Waals surface area (Å²) in [6.07, 6.45) is 8.76. The fourth-order valence-electron chi connectivity index (χ4n) is 2.14. The highest BCUT2D eigenvalue weighted by Crippen LogP contribution is 2.32. The zero-order chi connectivity index (χ0) is 11.7. The van der Waals surface area contributed by atoms with E-state index in [4.69, 9.17) is 0 Å². The van der Waals surface area contributed by atoms with E-state index in [-0.39, 0.29) is 0 Å². The van der Waals surface area contributed by atoms with Crippen LogP contribution in [0.25, 0.3) is 11.3 Å². The molecule has 0 aliphatic carbocycles. The van der Waals surface area contributed by atoms with E-state index >= 15 is 0 Å². The Morgan fingerprint density at radius 1 is 1.47 bits per heavy atom. The third kappa shape index (κ3) is 2.18. The van der Waals surface area contributed by atoms with Crippen molar-refractivity contribution < 1.29 is 0 Å². The molecule has 1 atom stereocenters. The van der Waals surface area contributed by atoms with Gasteiger partial charge in [-0.05, 0) is 40.9 Å². The molecular formula is C11H12IN4P. The Kier molecular flexibility index (Phi) is 3.29. The number of nitrogens with zero attached hydrogens (tertiary/aromatic N) is 3. The molecule has 1 aliphatic rings. The Bertz CT molecular complexity index is 540. The number of aromatic nitrogens is 3. The zero-order valence-electron chi connectivity index (χ0n) is 9.15. The number of hydrogen-bond donors (Lipinski definition) is 1. The summed E-state index contributed by atoms with van der Waals surface area (Å²) >= 11 is 2.32. The van der Waals surface area contributed by atoms with Crippen molar-refractivity contribution >= 4 is 34.1 Å². The first-order valence-corrected chi connectivity index (χ1v) is 9.58. The summed E-state index contributed by atoms with van der Waals surface area (Å²) < 4.78 is 1.95. The van der Waals surface area contributed by atoms with Gasteiger partial charge in [0.2, 0.25) is 0 Å². The predicted octanol–water partition coefficient (Wildman–Crippen LogP) is 3.09. The van der Waals surface area contributed by atoms with Gasteiger partial charge in [0.25, 0.3) is 0 Å². The summed E-state index contributed by atoms with van der Waals surface area (Å²) in [5.74, 6) is 0. The minimum atomic E-state index is 0.637. The van der Waals surface area contributed by atoms with Crippen LogP contribution in [0.3, 0.4) is 0 Å². The number of halogens is 1. The highest BCUT2D eigenvalue weighted by atomic mass is 127. The van der Waals surface area contributed by atoms with Crippen molar-refractivity contribution in [1.29, 1.82) is 0 Å². The van der Waals surface area contributed by atoms with Gasteiger partial charge in [0.15, 0.2) is 0 Å². The Morgan fingerprint density at radius 3 is 3.24 bits per heavy atom. The van der Waals surface area contributed by atoms with Crippen LogP contribution in [0.15, 0.2) is 24.7 Å². The second kappa shape index (κ2) is 4.90. The third-order valence-corrected chi connectivity index (χ3v) is 4.82. The topological polar surface area (TPSA) is 42.7 Å². The predicted molar refractivity (Wildman–Crippen MR) is 80.0 cm³/mol. The van der Waals surface area contributed by atoms with Crippen molar-refractivity contribution in [2.75, 3.05) is 11.9 Å². The average Bonchev–Trinajstić information content (AvgIpc) is 2.87. The minimum Gasteiger partial charge on any atom is -0.385 e. The molecule has 4 nitrogen and oxygen atoms in total. The first-order valence-electron chi connectivity index (χ1n) is 5.52. The molecule has 0 saturated carbocycles. The molecule has 2 aromatic rings. The molecule has 1 unspecified atom stereocenters. The molecule has 0 aromatic carbocycles. The molecule has 3 rings (SSSR count). The third-order valence-electron chi connectivity index (χ3n) is 2.92. The second-order valence-electron chi connectivity index (χ2n) is 3.97. The molecule has 88 valence electrons. The van der Waals surface area contributed by atoms with Crippen molar-refractivity contribution in [2.24, 2.45) is 0 Å². The molecule has 0 bridgehead atoms. The van der Waals surface area contributed by atoms with Crippen LogP contribution in [0, 0.1) is 0 Å². The van der Waals surface area contributed by atoms with Gasteiger partial charge in [0.05, 0.1) is 18.3 Å². The maximum atomic E-state index is 4.52. The summed E-state index contributed by atoms with van der Waals surface area (Å²) in [7, 11) is 0. The molecule has 1 N–H and O–H groups in total. The van der Waals surface area contributed by atoms with Gasteiger partial charge in [-0.3, -0.25) is 4.98 Å². The lowest BCUT2D eigenvalue weighted by molar-refractivity contribution is 0.827. The molecule has 6 heteroatoms. The van der Waals surface area contributed by atoms with E-state index in [0.29, 0.717) is 6.37 Å². The number of anilines is 1. The summed E-state index contributed by atoms with van der Waals surface area (Å²) in [6.45, 7) is 1.06. The van der Waals surface area contributed by atoms with E-state index in [1.54, 1.807) is 0 Å². The van der Waals surface area contributed by atoms with Crippen LogP contribution in [0.2, 0.25) is 0 Å². The van der Waals surface area contributed by atoms with Crippen LogP contribution in [-0.2, 0) is 6.42 Å². The van der Waals surface area contributed by atoms with Gasteiger partial charge in [-0.1, -0.05) is 0 Å². The van der Waals surface area contributed by atoms with Crippen molar-refractivity contribution in [2.45, 2.75) is 12.8 Å². The molecule has 2 aromatic heterocycles. The number of pyridine rings is 1. The molecule has 0 radical (unpaired) electrons. The van der Waals surface area contributed by atoms with Crippen LogP contribution >= 0.6 is 28.4 Å².